The molecule has 0 spiro atoms. The Kier molecular flexibility index (Phi) is 16.3. The fourth-order valence-electron chi connectivity index (χ4n) is 1.90. The van der Waals surface area contributed by atoms with Crippen molar-refractivity contribution in [3.05, 3.63) is 0 Å². The van der Waals surface area contributed by atoms with Gasteiger partial charge in [-0.05, 0) is 6.92 Å². The Labute approximate surface area is 140 Å². The Morgan fingerprint density at radius 1 is 1.09 bits per heavy atom. The molecule has 1 fully saturated rings. The highest BCUT2D eigenvalue weighted by molar-refractivity contribution is 5.94. The number of hydrogen-bond acceptors (Lipinski definition) is 5. The quantitative estimate of drug-likeness (QED) is 0.637. The maximum Gasteiger partial charge on any atom is 0.226 e. The van der Waals surface area contributed by atoms with Crippen molar-refractivity contribution in [1.82, 2.24) is 4.90 Å². The van der Waals surface area contributed by atoms with E-state index in [-0.39, 0.29) is 36.5 Å². The molecule has 0 radical (unpaired) electrons. The van der Waals surface area contributed by atoms with Crippen molar-refractivity contribution in [1.29, 1.82) is 0 Å². The molecule has 6 heteroatoms. The summed E-state index contributed by atoms with van der Waals surface area (Å²) in [5, 5.41) is 0. The van der Waals surface area contributed by atoms with Crippen LogP contribution in [-0.2, 0) is 23.9 Å². The number of carbonyl (C=O) groups excluding carboxylic acids is 3. The van der Waals surface area contributed by atoms with Crippen LogP contribution in [0.4, 0.5) is 0 Å². The van der Waals surface area contributed by atoms with Gasteiger partial charge in [0.2, 0.25) is 5.91 Å². The van der Waals surface area contributed by atoms with Crippen LogP contribution in [0.2, 0.25) is 0 Å². The first-order valence-corrected chi connectivity index (χ1v) is 8.46. The van der Waals surface area contributed by atoms with Gasteiger partial charge in [0, 0.05) is 18.9 Å². The van der Waals surface area contributed by atoms with E-state index in [0.717, 1.165) is 0 Å². The Balaban J connectivity index is 0. The van der Waals surface area contributed by atoms with Crippen molar-refractivity contribution >= 4 is 17.5 Å². The number of amides is 1. The van der Waals surface area contributed by atoms with Gasteiger partial charge in [-0.15, -0.1) is 0 Å². The minimum Gasteiger partial charge on any atom is -0.377 e. The van der Waals surface area contributed by atoms with Crippen molar-refractivity contribution in [3.8, 4) is 0 Å². The lowest BCUT2D eigenvalue weighted by molar-refractivity contribution is -0.145. The van der Waals surface area contributed by atoms with Gasteiger partial charge in [-0.3, -0.25) is 14.4 Å². The predicted molar refractivity (Wildman–Crippen MR) is 90.4 cm³/mol. The molecule has 1 unspecified atom stereocenters. The van der Waals surface area contributed by atoms with Gasteiger partial charge in [0.05, 0.1) is 26.4 Å². The molecule has 23 heavy (non-hydrogen) atoms. The highest BCUT2D eigenvalue weighted by atomic mass is 16.5. The van der Waals surface area contributed by atoms with Crippen LogP contribution in [0.25, 0.3) is 0 Å². The molecule has 1 rings (SSSR count). The molecule has 0 aromatic heterocycles. The van der Waals surface area contributed by atoms with E-state index in [9.17, 15) is 14.4 Å². The number of likely N-dealkylation sites (tertiary alicyclic amines) is 1. The van der Waals surface area contributed by atoms with Crippen LogP contribution in [0.15, 0.2) is 0 Å². The molecule has 136 valence electrons. The Morgan fingerprint density at radius 3 is 2.22 bits per heavy atom. The Bertz CT molecular complexity index is 344. The number of hydrogen-bond donors (Lipinski definition) is 0. The highest BCUT2D eigenvalue weighted by Crippen LogP contribution is 2.14. The first-order chi connectivity index (χ1) is 11.0. The number of nitrogens with zero attached hydrogens (tertiary/aromatic N) is 1. The monoisotopic (exact) mass is 331 g/mol. The summed E-state index contributed by atoms with van der Waals surface area (Å²) in [7, 11) is 0. The SMILES string of the molecule is CC.CC.CC(=O)COCCOCCN1CC(=O)CC(C)C1=O. The number of ketones is 2. The number of ether oxygens (including phenoxy) is 2. The third-order valence-electron chi connectivity index (χ3n) is 2.82. The summed E-state index contributed by atoms with van der Waals surface area (Å²) in [6, 6.07) is 0. The first-order valence-electron chi connectivity index (χ1n) is 8.46. The molecule has 0 bridgehead atoms. The largest absolute Gasteiger partial charge is 0.377 e. The van der Waals surface area contributed by atoms with Crippen LogP contribution in [-0.4, -0.2) is 61.9 Å². The molecular formula is C17H33NO5. The van der Waals surface area contributed by atoms with Crippen molar-refractivity contribution in [3.63, 3.8) is 0 Å². The molecule has 1 aliphatic rings. The van der Waals surface area contributed by atoms with Gasteiger partial charge >= 0.3 is 0 Å². The first kappa shape index (κ1) is 24.0. The molecule has 0 aliphatic carbocycles. The topological polar surface area (TPSA) is 72.9 Å². The summed E-state index contributed by atoms with van der Waals surface area (Å²) < 4.78 is 10.3. The lowest BCUT2D eigenvalue weighted by Gasteiger charge is -2.29. The smallest absolute Gasteiger partial charge is 0.226 e. The van der Waals surface area contributed by atoms with Crippen molar-refractivity contribution in [2.75, 3.05) is 39.5 Å². The lowest BCUT2D eigenvalue weighted by Crippen LogP contribution is -2.46. The molecule has 1 amide bonds. The fourth-order valence-corrected chi connectivity index (χ4v) is 1.90. The van der Waals surface area contributed by atoms with E-state index in [0.29, 0.717) is 32.8 Å². The second-order valence-electron chi connectivity index (χ2n) is 4.77. The van der Waals surface area contributed by atoms with Gasteiger partial charge < -0.3 is 14.4 Å². The number of rotatable bonds is 8. The Morgan fingerprint density at radius 2 is 1.65 bits per heavy atom. The third kappa shape index (κ3) is 11.9. The summed E-state index contributed by atoms with van der Waals surface area (Å²) >= 11 is 0. The molecule has 1 atom stereocenters. The van der Waals surface area contributed by atoms with Crippen molar-refractivity contribution < 1.29 is 23.9 Å². The van der Waals surface area contributed by atoms with Crippen LogP contribution in [0.5, 0.6) is 0 Å². The fraction of sp³-hybridized carbons (Fsp3) is 0.824. The molecular weight excluding hydrogens is 298 g/mol. The van der Waals surface area contributed by atoms with E-state index >= 15 is 0 Å². The number of Topliss-reactive ketones (excluding diaryl/α,β-unsaturated/α-hetero) is 2. The minimum atomic E-state index is -0.222. The van der Waals surface area contributed by atoms with Crippen molar-refractivity contribution in [2.45, 2.75) is 48.0 Å². The highest BCUT2D eigenvalue weighted by Gasteiger charge is 2.29. The van der Waals surface area contributed by atoms with Crippen LogP contribution < -0.4 is 0 Å². The molecule has 0 aromatic rings. The summed E-state index contributed by atoms with van der Waals surface area (Å²) in [5.41, 5.74) is 0. The Hall–Kier alpha value is -1.27. The summed E-state index contributed by atoms with van der Waals surface area (Å²) in [6.07, 6.45) is 0.342. The number of carbonyl (C=O) groups is 3. The second-order valence-corrected chi connectivity index (χ2v) is 4.77. The zero-order valence-electron chi connectivity index (χ0n) is 15.5. The van der Waals surface area contributed by atoms with E-state index < -0.39 is 0 Å². The van der Waals surface area contributed by atoms with Gasteiger partial charge in [-0.1, -0.05) is 34.6 Å². The molecule has 0 aromatic carbocycles. The zero-order valence-corrected chi connectivity index (χ0v) is 15.5. The standard InChI is InChI=1S/C13H21NO5.2C2H6/c1-10-7-12(16)8-14(13(10)17)3-4-18-5-6-19-9-11(2)15;2*1-2/h10H,3-9H2,1-2H3;2*1-2H3. The van der Waals surface area contributed by atoms with E-state index in [4.69, 9.17) is 9.47 Å². The third-order valence-corrected chi connectivity index (χ3v) is 2.82. The van der Waals surface area contributed by atoms with Gasteiger partial charge in [-0.2, -0.15) is 0 Å². The van der Waals surface area contributed by atoms with Gasteiger partial charge in [-0.25, -0.2) is 0 Å². The summed E-state index contributed by atoms with van der Waals surface area (Å²) in [5.74, 6) is -0.139. The van der Waals surface area contributed by atoms with Crippen LogP contribution in [0.3, 0.4) is 0 Å². The van der Waals surface area contributed by atoms with Gasteiger partial charge in [0.1, 0.15) is 6.61 Å². The van der Waals surface area contributed by atoms with Crippen LogP contribution in [0, 0.1) is 5.92 Å². The zero-order chi connectivity index (χ0) is 18.3. The second kappa shape index (κ2) is 15.6. The van der Waals surface area contributed by atoms with E-state index in [1.807, 2.05) is 27.7 Å². The maximum absolute atomic E-state index is 11.8. The predicted octanol–water partition coefficient (Wildman–Crippen LogP) is 2.10. The van der Waals surface area contributed by atoms with E-state index in [1.165, 1.54) is 11.8 Å². The van der Waals surface area contributed by atoms with Crippen LogP contribution in [0.1, 0.15) is 48.0 Å². The van der Waals surface area contributed by atoms with E-state index in [2.05, 4.69) is 0 Å². The molecule has 6 nitrogen and oxygen atoms in total. The normalized spacial score (nSPS) is 17.0. The molecule has 1 aliphatic heterocycles. The average molecular weight is 331 g/mol. The van der Waals surface area contributed by atoms with Crippen molar-refractivity contribution in [2.24, 2.45) is 5.92 Å². The summed E-state index contributed by atoms with van der Waals surface area (Å²) in [6.45, 7) is 13.0. The minimum absolute atomic E-state index is 0.0102. The number of piperidine rings is 1. The lowest BCUT2D eigenvalue weighted by atomic mass is 9.98. The average Bonchev–Trinajstić information content (AvgIpc) is 2.54. The molecule has 0 N–H and O–H groups in total. The summed E-state index contributed by atoms with van der Waals surface area (Å²) in [4.78, 5) is 35.3. The maximum atomic E-state index is 11.8. The van der Waals surface area contributed by atoms with E-state index in [1.54, 1.807) is 6.92 Å². The molecule has 1 heterocycles. The molecule has 1 saturated heterocycles. The van der Waals surface area contributed by atoms with Gasteiger partial charge in [0.25, 0.3) is 0 Å². The van der Waals surface area contributed by atoms with Gasteiger partial charge in [0.15, 0.2) is 11.6 Å². The van der Waals surface area contributed by atoms with Crippen LogP contribution >= 0.6 is 0 Å². The molecule has 0 saturated carbocycles.